The van der Waals surface area contributed by atoms with Crippen LogP contribution >= 0.6 is 15.9 Å². The predicted octanol–water partition coefficient (Wildman–Crippen LogP) is 2.42. The van der Waals surface area contributed by atoms with Crippen molar-refractivity contribution in [3.05, 3.63) is 16.3 Å². The van der Waals surface area contributed by atoms with Gasteiger partial charge in [-0.3, -0.25) is 0 Å². The molecule has 1 aromatic rings. The molecule has 0 aliphatic heterocycles. The molecule has 14 heavy (non-hydrogen) atoms. The van der Waals surface area contributed by atoms with Crippen molar-refractivity contribution in [2.75, 3.05) is 11.9 Å². The zero-order chi connectivity index (χ0) is 10.7. The number of carboxylic acid groups (broad SMARTS) is 1. The fourth-order valence-corrected chi connectivity index (χ4v) is 1.19. The summed E-state index contributed by atoms with van der Waals surface area (Å²) in [5.74, 6) is -1.58. The Kier molecular flexibility index (Phi) is 3.45. The van der Waals surface area contributed by atoms with Gasteiger partial charge in [0.25, 0.3) is 6.43 Å². The molecule has 78 valence electrons. The summed E-state index contributed by atoms with van der Waals surface area (Å²) in [5, 5.41) is 10.8. The average molecular weight is 270 g/mol. The zero-order valence-corrected chi connectivity index (χ0v) is 8.35. The molecule has 1 heterocycles. The number of anilines is 1. The zero-order valence-electron chi connectivity index (χ0n) is 6.76. The van der Waals surface area contributed by atoms with E-state index in [9.17, 15) is 13.6 Å². The van der Waals surface area contributed by atoms with Gasteiger partial charge in [-0.05, 0) is 15.9 Å². The first-order valence-electron chi connectivity index (χ1n) is 3.55. The fourth-order valence-electron chi connectivity index (χ4n) is 0.765. The van der Waals surface area contributed by atoms with Crippen molar-refractivity contribution in [1.29, 1.82) is 0 Å². The quantitative estimate of drug-likeness (QED) is 0.881. The lowest BCUT2D eigenvalue weighted by molar-refractivity contribution is 0.0663. The van der Waals surface area contributed by atoms with Crippen molar-refractivity contribution in [3.63, 3.8) is 0 Å². The molecule has 0 saturated heterocycles. The maximum Gasteiger partial charge on any atom is 0.371 e. The molecule has 0 aliphatic carbocycles. The van der Waals surface area contributed by atoms with Crippen molar-refractivity contribution in [1.82, 2.24) is 0 Å². The van der Waals surface area contributed by atoms with Crippen LogP contribution in [0.2, 0.25) is 0 Å². The Hall–Kier alpha value is -1.11. The van der Waals surface area contributed by atoms with Gasteiger partial charge in [-0.15, -0.1) is 0 Å². The van der Waals surface area contributed by atoms with E-state index in [2.05, 4.69) is 21.2 Å². The largest absolute Gasteiger partial charge is 0.475 e. The highest BCUT2D eigenvalue weighted by Gasteiger charge is 2.14. The Balaban J connectivity index is 2.72. The van der Waals surface area contributed by atoms with Crippen molar-refractivity contribution < 1.29 is 23.1 Å². The van der Waals surface area contributed by atoms with Gasteiger partial charge in [0, 0.05) is 6.07 Å². The number of carbonyl (C=O) groups is 1. The molecule has 0 amide bonds. The minimum atomic E-state index is -2.53. The molecule has 0 aromatic carbocycles. The highest BCUT2D eigenvalue weighted by atomic mass is 79.9. The Morgan fingerprint density at radius 2 is 2.36 bits per heavy atom. The number of rotatable bonds is 4. The van der Waals surface area contributed by atoms with Gasteiger partial charge in [-0.1, -0.05) is 0 Å². The van der Waals surface area contributed by atoms with Crippen LogP contribution in [0.4, 0.5) is 14.7 Å². The molecule has 0 fully saturated rings. The number of carboxylic acids is 1. The number of aromatic carboxylic acids is 1. The fraction of sp³-hybridized carbons (Fsp3) is 0.286. The molecule has 7 heteroatoms. The number of nitrogens with one attached hydrogen (secondary N) is 1. The monoisotopic (exact) mass is 269 g/mol. The lowest BCUT2D eigenvalue weighted by Crippen LogP contribution is -2.09. The first kappa shape index (κ1) is 11.0. The first-order chi connectivity index (χ1) is 6.50. The molecule has 0 unspecified atom stereocenters. The van der Waals surface area contributed by atoms with Crippen LogP contribution in [-0.2, 0) is 0 Å². The number of halogens is 3. The van der Waals surface area contributed by atoms with E-state index in [-0.39, 0.29) is 11.6 Å². The first-order valence-corrected chi connectivity index (χ1v) is 4.34. The van der Waals surface area contributed by atoms with Crippen molar-refractivity contribution in [2.45, 2.75) is 6.43 Å². The van der Waals surface area contributed by atoms with Crippen LogP contribution in [0.3, 0.4) is 0 Å². The number of furan rings is 1. The summed E-state index contributed by atoms with van der Waals surface area (Å²) in [7, 11) is 0. The van der Waals surface area contributed by atoms with Gasteiger partial charge in [0.1, 0.15) is 0 Å². The molecule has 1 rings (SSSR count). The molecule has 0 aliphatic rings. The van der Waals surface area contributed by atoms with E-state index >= 15 is 0 Å². The Morgan fingerprint density at radius 3 is 2.79 bits per heavy atom. The van der Waals surface area contributed by atoms with Gasteiger partial charge in [0.2, 0.25) is 11.6 Å². The van der Waals surface area contributed by atoms with Gasteiger partial charge < -0.3 is 14.8 Å². The average Bonchev–Trinajstić information content (AvgIpc) is 2.43. The summed E-state index contributed by atoms with van der Waals surface area (Å²) in [6.45, 7) is -0.592. The molecule has 4 nitrogen and oxygen atoms in total. The third kappa shape index (κ3) is 2.69. The van der Waals surface area contributed by atoms with E-state index in [0.717, 1.165) is 0 Å². The molecule has 0 saturated carbocycles. The number of alkyl halides is 2. The Bertz CT molecular complexity index is 340. The highest BCUT2D eigenvalue weighted by molar-refractivity contribution is 9.10. The molecular formula is C7H6BrF2NO3. The van der Waals surface area contributed by atoms with Gasteiger partial charge in [0.15, 0.2) is 0 Å². The minimum absolute atomic E-state index is 0.0114. The molecule has 0 spiro atoms. The molecule has 0 radical (unpaired) electrons. The van der Waals surface area contributed by atoms with E-state index in [1.807, 2.05) is 0 Å². The standard InChI is InChI=1S/C7H6BrF2NO3/c8-3-1-4(7(12)13)14-6(3)11-2-5(9)10/h1,5,11H,2H2,(H,12,13). The van der Waals surface area contributed by atoms with E-state index in [4.69, 9.17) is 9.52 Å². The van der Waals surface area contributed by atoms with Crippen LogP contribution in [0, 0.1) is 0 Å². The Labute approximate surface area is 86.0 Å². The summed E-state index contributed by atoms with van der Waals surface area (Å²) in [5.41, 5.74) is 0. The predicted molar refractivity (Wildman–Crippen MR) is 47.9 cm³/mol. The lowest BCUT2D eigenvalue weighted by atomic mass is 10.4. The summed E-state index contributed by atoms with van der Waals surface area (Å²) >= 11 is 2.97. The van der Waals surface area contributed by atoms with Crippen molar-refractivity contribution in [3.8, 4) is 0 Å². The molecular weight excluding hydrogens is 264 g/mol. The van der Waals surface area contributed by atoms with Crippen LogP contribution in [0.5, 0.6) is 0 Å². The maximum absolute atomic E-state index is 11.8. The Morgan fingerprint density at radius 1 is 1.71 bits per heavy atom. The summed E-state index contributed by atoms with van der Waals surface area (Å²) in [4.78, 5) is 10.4. The summed E-state index contributed by atoms with van der Waals surface area (Å²) < 4.78 is 28.6. The summed E-state index contributed by atoms with van der Waals surface area (Å²) in [6.07, 6.45) is -2.53. The third-order valence-corrected chi connectivity index (χ3v) is 1.90. The van der Waals surface area contributed by atoms with Gasteiger partial charge >= 0.3 is 5.97 Å². The second-order valence-corrected chi connectivity index (χ2v) is 3.22. The lowest BCUT2D eigenvalue weighted by Gasteiger charge is -2.01. The normalized spacial score (nSPS) is 10.6. The molecule has 0 atom stereocenters. The smallest absolute Gasteiger partial charge is 0.371 e. The van der Waals surface area contributed by atoms with Crippen LogP contribution in [0.1, 0.15) is 10.6 Å². The van der Waals surface area contributed by atoms with Gasteiger partial charge in [-0.2, -0.15) is 0 Å². The summed E-state index contributed by atoms with van der Waals surface area (Å²) in [6, 6.07) is 1.19. The maximum atomic E-state index is 11.8. The minimum Gasteiger partial charge on any atom is -0.475 e. The van der Waals surface area contributed by atoms with Crippen molar-refractivity contribution in [2.24, 2.45) is 0 Å². The van der Waals surface area contributed by atoms with Crippen LogP contribution < -0.4 is 5.32 Å². The van der Waals surface area contributed by atoms with Gasteiger partial charge in [-0.25, -0.2) is 13.6 Å². The van der Waals surface area contributed by atoms with Crippen LogP contribution in [0.25, 0.3) is 0 Å². The number of hydrogen-bond donors (Lipinski definition) is 2. The second-order valence-electron chi connectivity index (χ2n) is 2.36. The molecule has 1 aromatic heterocycles. The van der Waals surface area contributed by atoms with E-state index in [1.165, 1.54) is 6.07 Å². The second kappa shape index (κ2) is 4.41. The van der Waals surface area contributed by atoms with Crippen LogP contribution in [0.15, 0.2) is 15.0 Å². The van der Waals surface area contributed by atoms with E-state index < -0.39 is 18.9 Å². The highest BCUT2D eigenvalue weighted by Crippen LogP contribution is 2.26. The third-order valence-electron chi connectivity index (χ3n) is 1.31. The SMILES string of the molecule is O=C(O)c1cc(Br)c(NCC(F)F)o1. The van der Waals surface area contributed by atoms with E-state index in [0.29, 0.717) is 4.47 Å². The topological polar surface area (TPSA) is 62.5 Å². The van der Waals surface area contributed by atoms with Crippen LogP contribution in [-0.4, -0.2) is 24.0 Å². The van der Waals surface area contributed by atoms with Crippen molar-refractivity contribution >= 4 is 27.8 Å². The molecule has 0 bridgehead atoms. The molecule has 2 N–H and O–H groups in total. The number of hydrogen-bond acceptors (Lipinski definition) is 3. The van der Waals surface area contributed by atoms with Gasteiger partial charge in [0.05, 0.1) is 11.0 Å². The van der Waals surface area contributed by atoms with E-state index in [1.54, 1.807) is 0 Å².